The molecule has 1 saturated carbocycles. The Morgan fingerprint density at radius 2 is 1.77 bits per heavy atom. The van der Waals surface area contributed by atoms with E-state index < -0.39 is 17.6 Å². The molecule has 0 bridgehead atoms. The molecule has 1 aliphatic carbocycles. The first-order chi connectivity index (χ1) is 19.2. The third-order valence-corrected chi connectivity index (χ3v) is 7.97. The van der Waals surface area contributed by atoms with Gasteiger partial charge in [-0.1, -0.05) is 18.6 Å². The third-order valence-electron chi connectivity index (χ3n) is 7.97. The molecule has 1 N–H and O–H groups in total. The molecule has 0 unspecified atom stereocenters. The second-order valence-electron chi connectivity index (χ2n) is 10.8. The molecule has 1 saturated heterocycles. The van der Waals surface area contributed by atoms with Crippen LogP contribution < -0.4 is 5.32 Å². The summed E-state index contributed by atoms with van der Waals surface area (Å²) in [6, 6.07) is 10.5. The number of aromatic nitrogens is 2. The summed E-state index contributed by atoms with van der Waals surface area (Å²) in [6.45, 7) is 5.08. The second kappa shape index (κ2) is 12.0. The average Bonchev–Trinajstić information content (AvgIpc) is 3.30. The van der Waals surface area contributed by atoms with Crippen LogP contribution in [0, 0.1) is 5.92 Å². The summed E-state index contributed by atoms with van der Waals surface area (Å²) in [4.78, 5) is 32.6. The largest absolute Gasteiger partial charge is 0.466 e. The number of hydrogen-bond donors (Lipinski definition) is 1. The lowest BCUT2D eigenvalue weighted by Gasteiger charge is -2.29. The van der Waals surface area contributed by atoms with Gasteiger partial charge in [0.2, 0.25) is 5.95 Å². The number of amides is 1. The number of carbonyl (C=O) groups excluding carboxylic acids is 2. The highest BCUT2D eigenvalue weighted by molar-refractivity contribution is 6.04. The smallest absolute Gasteiger partial charge is 0.416 e. The van der Waals surface area contributed by atoms with Gasteiger partial charge in [0.05, 0.1) is 29.1 Å². The minimum atomic E-state index is -4.55. The number of carbonyl (C=O) groups is 2. The van der Waals surface area contributed by atoms with Gasteiger partial charge in [-0.05, 0) is 94.4 Å². The number of imidazole rings is 1. The monoisotopic (exact) mass is 556 g/mol. The highest BCUT2D eigenvalue weighted by Gasteiger charge is 2.32. The zero-order valence-electron chi connectivity index (χ0n) is 22.7. The van der Waals surface area contributed by atoms with Crippen molar-refractivity contribution in [3.63, 3.8) is 0 Å². The lowest BCUT2D eigenvalue weighted by Crippen LogP contribution is -2.29. The summed E-state index contributed by atoms with van der Waals surface area (Å²) in [7, 11) is 0. The van der Waals surface area contributed by atoms with Gasteiger partial charge in [0.25, 0.3) is 5.91 Å². The highest BCUT2D eigenvalue weighted by atomic mass is 19.4. The molecule has 1 aromatic heterocycles. The zero-order valence-corrected chi connectivity index (χ0v) is 22.7. The van der Waals surface area contributed by atoms with Crippen molar-refractivity contribution < 1.29 is 27.5 Å². The van der Waals surface area contributed by atoms with E-state index in [1.54, 1.807) is 6.92 Å². The fourth-order valence-corrected chi connectivity index (χ4v) is 5.92. The molecule has 10 heteroatoms. The molecular formula is C30H35F3N4O3. The van der Waals surface area contributed by atoms with Crippen LogP contribution in [0.5, 0.6) is 0 Å². The number of rotatable bonds is 7. The topological polar surface area (TPSA) is 76.5 Å². The van der Waals surface area contributed by atoms with Crippen LogP contribution in [0.25, 0.3) is 11.0 Å². The maximum absolute atomic E-state index is 13.3. The maximum atomic E-state index is 13.3. The fraction of sp³-hybridized carbons (Fsp3) is 0.500. The highest BCUT2D eigenvalue weighted by Crippen LogP contribution is 2.38. The van der Waals surface area contributed by atoms with Gasteiger partial charge in [-0.15, -0.1) is 0 Å². The van der Waals surface area contributed by atoms with Crippen LogP contribution in [0.2, 0.25) is 0 Å². The number of alkyl halides is 3. The van der Waals surface area contributed by atoms with Crippen LogP contribution >= 0.6 is 0 Å². The van der Waals surface area contributed by atoms with Crippen molar-refractivity contribution in [3.05, 3.63) is 59.2 Å². The van der Waals surface area contributed by atoms with Gasteiger partial charge in [0.15, 0.2) is 0 Å². The van der Waals surface area contributed by atoms with Gasteiger partial charge in [-0.3, -0.25) is 19.8 Å². The lowest BCUT2D eigenvalue weighted by atomic mass is 9.86. The molecular weight excluding hydrogens is 521 g/mol. The van der Waals surface area contributed by atoms with E-state index in [-0.39, 0.29) is 23.5 Å². The summed E-state index contributed by atoms with van der Waals surface area (Å²) >= 11 is 0. The molecule has 7 nitrogen and oxygen atoms in total. The Labute approximate surface area is 231 Å². The van der Waals surface area contributed by atoms with Gasteiger partial charge in [0.1, 0.15) is 0 Å². The van der Waals surface area contributed by atoms with Gasteiger partial charge in [0, 0.05) is 18.2 Å². The number of ether oxygens (including phenoxy) is 1. The molecule has 3 aromatic rings. The standard InChI is InChI=1S/C30H35F3N4O3/c1-2-40-28(39)21-10-12-24(13-11-21)37-26-14-9-20(19-36-15-4-3-5-16-36)17-25(26)34-29(37)35-27(38)22-7-6-8-23(18-22)30(31,32)33/h6-9,14,17-18,21,24H,2-5,10-13,15-16,19H2,1H3,(H,34,35,38). The van der Waals surface area contributed by atoms with Crippen molar-refractivity contribution >= 4 is 28.9 Å². The first kappa shape index (κ1) is 28.1. The summed E-state index contributed by atoms with van der Waals surface area (Å²) in [5, 5.41) is 2.79. The summed E-state index contributed by atoms with van der Waals surface area (Å²) < 4.78 is 47.0. The van der Waals surface area contributed by atoms with Gasteiger partial charge < -0.3 is 9.30 Å². The van der Waals surface area contributed by atoms with Crippen molar-refractivity contribution in [1.29, 1.82) is 0 Å². The number of benzene rings is 2. The van der Waals surface area contributed by atoms with Gasteiger partial charge >= 0.3 is 12.1 Å². The van der Waals surface area contributed by atoms with E-state index in [2.05, 4.69) is 16.3 Å². The Bertz CT molecular complexity index is 1360. The molecule has 2 aromatic carbocycles. The Morgan fingerprint density at radius 3 is 2.48 bits per heavy atom. The normalized spacial score (nSPS) is 20.4. The SMILES string of the molecule is CCOC(=O)C1CCC(n2c(NC(=O)c3cccc(C(F)(F)F)c3)nc3cc(CN4CCCCC4)ccc32)CC1. The molecule has 2 fully saturated rings. The van der Waals surface area contributed by atoms with E-state index in [1.807, 2.05) is 16.7 Å². The second-order valence-corrected chi connectivity index (χ2v) is 10.8. The molecule has 0 atom stereocenters. The van der Waals surface area contributed by atoms with Crippen LogP contribution in [0.15, 0.2) is 42.5 Å². The zero-order chi connectivity index (χ0) is 28.3. The van der Waals surface area contributed by atoms with E-state index >= 15 is 0 Å². The molecule has 1 amide bonds. The lowest BCUT2D eigenvalue weighted by molar-refractivity contribution is -0.149. The van der Waals surface area contributed by atoms with Crippen LogP contribution in [0.3, 0.4) is 0 Å². The number of nitrogens with one attached hydrogen (secondary N) is 1. The summed E-state index contributed by atoms with van der Waals surface area (Å²) in [5.74, 6) is -0.703. The molecule has 2 aliphatic rings. The first-order valence-corrected chi connectivity index (χ1v) is 14.1. The number of fused-ring (bicyclic) bond motifs is 1. The molecule has 1 aliphatic heterocycles. The van der Waals surface area contributed by atoms with Crippen LogP contribution in [0.1, 0.15) is 79.4 Å². The minimum Gasteiger partial charge on any atom is -0.466 e. The number of likely N-dealkylation sites (tertiary alicyclic amines) is 1. The van der Waals surface area contributed by atoms with E-state index in [9.17, 15) is 22.8 Å². The first-order valence-electron chi connectivity index (χ1n) is 14.1. The number of nitrogens with zero attached hydrogens (tertiary/aromatic N) is 3. The van der Waals surface area contributed by atoms with Crippen LogP contribution in [-0.2, 0) is 22.3 Å². The summed E-state index contributed by atoms with van der Waals surface area (Å²) in [5.41, 5.74) is 1.72. The van der Waals surface area contributed by atoms with Crippen LogP contribution in [-0.4, -0.2) is 46.0 Å². The Hall–Kier alpha value is -3.40. The summed E-state index contributed by atoms with van der Waals surface area (Å²) in [6.07, 6.45) is 1.77. The van der Waals surface area contributed by atoms with Crippen LogP contribution in [0.4, 0.5) is 19.1 Å². The molecule has 0 radical (unpaired) electrons. The average molecular weight is 557 g/mol. The molecule has 214 valence electrons. The third kappa shape index (κ3) is 6.32. The number of hydrogen-bond acceptors (Lipinski definition) is 5. The number of anilines is 1. The minimum absolute atomic E-state index is 0.0274. The van der Waals surface area contributed by atoms with E-state index in [0.29, 0.717) is 38.2 Å². The number of halogens is 3. The van der Waals surface area contributed by atoms with Crippen molar-refractivity contribution in [2.75, 3.05) is 25.0 Å². The molecule has 40 heavy (non-hydrogen) atoms. The van der Waals surface area contributed by atoms with E-state index in [1.165, 1.54) is 31.4 Å². The predicted molar refractivity (Wildman–Crippen MR) is 146 cm³/mol. The number of esters is 1. The Balaban J connectivity index is 1.44. The molecule has 0 spiro atoms. The Morgan fingerprint density at radius 1 is 1.02 bits per heavy atom. The maximum Gasteiger partial charge on any atom is 0.416 e. The van der Waals surface area contributed by atoms with Crippen molar-refractivity contribution in [2.24, 2.45) is 5.92 Å². The van der Waals surface area contributed by atoms with Gasteiger partial charge in [-0.2, -0.15) is 13.2 Å². The van der Waals surface area contributed by atoms with Crippen molar-refractivity contribution in [3.8, 4) is 0 Å². The Kier molecular flexibility index (Phi) is 8.44. The number of piperidine rings is 1. The van der Waals surface area contributed by atoms with E-state index in [0.717, 1.165) is 48.4 Å². The molecule has 5 rings (SSSR count). The predicted octanol–water partition coefficient (Wildman–Crippen LogP) is 6.59. The molecule has 2 heterocycles. The fourth-order valence-electron chi connectivity index (χ4n) is 5.92. The van der Waals surface area contributed by atoms with E-state index in [4.69, 9.17) is 9.72 Å². The van der Waals surface area contributed by atoms with Gasteiger partial charge in [-0.25, -0.2) is 4.98 Å². The quantitative estimate of drug-likeness (QED) is 0.333. The van der Waals surface area contributed by atoms with Crippen molar-refractivity contribution in [1.82, 2.24) is 14.5 Å². The van der Waals surface area contributed by atoms with Crippen molar-refractivity contribution in [2.45, 2.75) is 70.6 Å².